The molecule has 2 aromatic heterocycles. The maximum absolute atomic E-state index is 12.2. The van der Waals surface area contributed by atoms with Crippen LogP contribution in [0.15, 0.2) is 54.5 Å². The van der Waals surface area contributed by atoms with Gasteiger partial charge in [-0.05, 0) is 34.9 Å². The Morgan fingerprint density at radius 3 is 2.62 bits per heavy atom. The summed E-state index contributed by atoms with van der Waals surface area (Å²) in [6.07, 6.45) is 6.71. The molecule has 0 aliphatic heterocycles. The fourth-order valence-electron chi connectivity index (χ4n) is 2.98. The highest BCUT2D eigenvalue weighted by Crippen LogP contribution is 2.24. The van der Waals surface area contributed by atoms with E-state index < -0.39 is 0 Å². The second-order valence-electron chi connectivity index (χ2n) is 6.95. The van der Waals surface area contributed by atoms with Crippen LogP contribution < -0.4 is 33.4 Å². The van der Waals surface area contributed by atoms with E-state index in [-0.39, 0.29) is 11.7 Å². The molecule has 0 aliphatic carbocycles. The van der Waals surface area contributed by atoms with Gasteiger partial charge < -0.3 is 37.9 Å². The number of carbonyl (C=O) groups excluding carboxylic acids is 1. The Kier molecular flexibility index (Phi) is 7.38. The number of hydrogen-bond acceptors (Lipinski definition) is 9. The lowest BCUT2D eigenvalue weighted by atomic mass is 10.1. The van der Waals surface area contributed by atoms with E-state index >= 15 is 0 Å². The number of amides is 1. The molecule has 1 aromatic carbocycles. The van der Waals surface area contributed by atoms with Crippen LogP contribution >= 0.6 is 0 Å². The Bertz CT molecular complexity index is 1090. The number of aromatic nitrogens is 3. The molecule has 0 spiro atoms. The first-order valence-electron chi connectivity index (χ1n) is 9.80. The van der Waals surface area contributed by atoms with Crippen LogP contribution in [-0.2, 0) is 19.5 Å². The van der Waals surface area contributed by atoms with Crippen LogP contribution in [0.4, 0.5) is 17.3 Å². The van der Waals surface area contributed by atoms with Gasteiger partial charge in [0.25, 0.3) is 5.91 Å². The van der Waals surface area contributed by atoms with Crippen molar-refractivity contribution in [3.05, 3.63) is 77.0 Å². The number of aromatic amines is 1. The van der Waals surface area contributed by atoms with E-state index in [2.05, 4.69) is 31.0 Å². The number of allylic oxidation sites excluding steroid dienone is 1. The topological polar surface area (TPSA) is 197 Å². The van der Waals surface area contributed by atoms with Gasteiger partial charge in [0.15, 0.2) is 5.82 Å². The van der Waals surface area contributed by atoms with Crippen molar-refractivity contribution in [2.24, 2.45) is 5.84 Å². The number of nitrogens with one attached hydrogen (secondary N) is 5. The number of pyridine rings is 1. The van der Waals surface area contributed by atoms with E-state index in [1.807, 2.05) is 12.1 Å². The van der Waals surface area contributed by atoms with E-state index in [4.69, 9.17) is 22.7 Å². The maximum atomic E-state index is 12.2. The monoisotopic (exact) mass is 434 g/mol. The lowest BCUT2D eigenvalue weighted by Gasteiger charge is -2.12. The minimum Gasteiger partial charge on any atom is -0.395 e. The third kappa shape index (κ3) is 5.83. The molecule has 11 N–H and O–H groups in total. The molecule has 166 valence electrons. The molecular formula is C21H26N10O. The fraction of sp³-hybridized carbons (Fsp3) is 0.143. The molecule has 0 bridgehead atoms. The van der Waals surface area contributed by atoms with Crippen molar-refractivity contribution in [2.45, 2.75) is 19.5 Å². The second-order valence-corrected chi connectivity index (χ2v) is 6.95. The molecular weight excluding hydrogens is 408 g/mol. The fourth-order valence-corrected chi connectivity index (χ4v) is 2.98. The Hall–Kier alpha value is -4.38. The van der Waals surface area contributed by atoms with Crippen molar-refractivity contribution in [3.63, 3.8) is 0 Å². The van der Waals surface area contributed by atoms with Crippen LogP contribution in [0.1, 0.15) is 27.3 Å². The van der Waals surface area contributed by atoms with Gasteiger partial charge in [-0.3, -0.25) is 4.79 Å². The van der Waals surface area contributed by atoms with Crippen molar-refractivity contribution in [3.8, 4) is 0 Å². The summed E-state index contributed by atoms with van der Waals surface area (Å²) < 4.78 is 0. The molecule has 0 radical (unpaired) electrons. The third-order valence-corrected chi connectivity index (χ3v) is 4.66. The van der Waals surface area contributed by atoms with Gasteiger partial charge in [-0.15, -0.1) is 0 Å². The number of nitrogen functional groups attached to an aromatic ring is 3. The lowest BCUT2D eigenvalue weighted by molar-refractivity contribution is 0.0950. The highest BCUT2D eigenvalue weighted by molar-refractivity contribution is 5.94. The van der Waals surface area contributed by atoms with Gasteiger partial charge in [-0.1, -0.05) is 12.1 Å². The number of benzene rings is 1. The Balaban J connectivity index is 1.55. The van der Waals surface area contributed by atoms with Gasteiger partial charge >= 0.3 is 0 Å². The van der Waals surface area contributed by atoms with Crippen molar-refractivity contribution in [2.75, 3.05) is 16.9 Å². The number of nitrogens with zero attached hydrogens (tertiary/aromatic N) is 2. The summed E-state index contributed by atoms with van der Waals surface area (Å²) in [6.45, 7) is 0.859. The summed E-state index contributed by atoms with van der Waals surface area (Å²) in [4.78, 5) is 23.3. The Morgan fingerprint density at radius 2 is 1.97 bits per heavy atom. The molecule has 0 unspecified atom stereocenters. The molecule has 3 rings (SSSR count). The first kappa shape index (κ1) is 22.3. The predicted octanol–water partition coefficient (Wildman–Crippen LogP) is 1.05. The smallest absolute Gasteiger partial charge is 0.251 e. The largest absolute Gasteiger partial charge is 0.395 e. The summed E-state index contributed by atoms with van der Waals surface area (Å²) in [5.41, 5.74) is 17.6. The van der Waals surface area contributed by atoms with Crippen LogP contribution in [-0.4, -0.2) is 27.1 Å². The van der Waals surface area contributed by atoms with Gasteiger partial charge in [0.05, 0.1) is 12.2 Å². The van der Waals surface area contributed by atoms with Gasteiger partial charge in [-0.25, -0.2) is 15.8 Å². The van der Waals surface area contributed by atoms with Crippen molar-refractivity contribution >= 4 is 29.4 Å². The molecule has 0 aliphatic rings. The Labute approximate surface area is 185 Å². The van der Waals surface area contributed by atoms with E-state index in [1.54, 1.807) is 36.8 Å². The molecule has 11 nitrogen and oxygen atoms in total. The number of nitrogens with two attached hydrogens (primary N) is 3. The van der Waals surface area contributed by atoms with E-state index in [0.29, 0.717) is 53.5 Å². The lowest BCUT2D eigenvalue weighted by Crippen LogP contribution is -2.23. The van der Waals surface area contributed by atoms with Crippen molar-refractivity contribution in [1.29, 1.82) is 5.41 Å². The van der Waals surface area contributed by atoms with Gasteiger partial charge in [-0.2, -0.15) is 0 Å². The quantitative estimate of drug-likeness (QED) is 0.131. The number of carbonyl (C=O) groups is 1. The van der Waals surface area contributed by atoms with Gasteiger partial charge in [0, 0.05) is 43.3 Å². The molecule has 0 fully saturated rings. The molecule has 0 atom stereocenters. The van der Waals surface area contributed by atoms with Crippen LogP contribution in [0.3, 0.4) is 0 Å². The van der Waals surface area contributed by atoms with E-state index in [0.717, 1.165) is 5.56 Å². The van der Waals surface area contributed by atoms with Crippen LogP contribution in [0, 0.1) is 5.41 Å². The third-order valence-electron chi connectivity index (χ3n) is 4.66. The molecule has 3 aromatic rings. The molecule has 11 heteroatoms. The minimum atomic E-state index is -0.174. The Morgan fingerprint density at radius 1 is 1.19 bits per heavy atom. The number of imidazole rings is 1. The summed E-state index contributed by atoms with van der Waals surface area (Å²) in [5.74, 6) is 6.52. The zero-order valence-corrected chi connectivity index (χ0v) is 17.4. The summed E-state index contributed by atoms with van der Waals surface area (Å²) in [6, 6.07) is 8.92. The molecule has 1 amide bonds. The molecule has 32 heavy (non-hydrogen) atoms. The minimum absolute atomic E-state index is 0.174. The summed E-state index contributed by atoms with van der Waals surface area (Å²) in [5, 5.41) is 13.7. The normalized spacial score (nSPS) is 11.1. The van der Waals surface area contributed by atoms with Crippen LogP contribution in [0.25, 0.3) is 0 Å². The molecule has 0 saturated carbocycles. The standard InChI is InChI=1S/C21H26N10O/c22-9-14(7-16-8-17(23)30-20(31-25)19(16)24)11-26-10-13-1-3-15(4-2-13)21(32)29-12-18-27-5-6-28-18/h1-6,8-9,11,22,26H,7,10,12,24-25H2,(H,27,28)(H,29,32)(H3,23,30,31)/b14-11-,22-9?. The van der Waals surface area contributed by atoms with Crippen molar-refractivity contribution < 1.29 is 4.79 Å². The van der Waals surface area contributed by atoms with Crippen molar-refractivity contribution in [1.82, 2.24) is 25.6 Å². The second kappa shape index (κ2) is 10.6. The van der Waals surface area contributed by atoms with Gasteiger partial charge in [0.2, 0.25) is 0 Å². The molecule has 2 heterocycles. The number of rotatable bonds is 10. The predicted molar refractivity (Wildman–Crippen MR) is 124 cm³/mol. The van der Waals surface area contributed by atoms with Crippen LogP contribution in [0.2, 0.25) is 0 Å². The highest BCUT2D eigenvalue weighted by atomic mass is 16.1. The number of hydrogen-bond donors (Lipinski definition) is 8. The van der Waals surface area contributed by atoms with E-state index in [1.165, 1.54) is 6.21 Å². The van der Waals surface area contributed by atoms with Crippen LogP contribution in [0.5, 0.6) is 0 Å². The zero-order valence-electron chi connectivity index (χ0n) is 17.4. The number of H-pyrrole nitrogens is 1. The van der Waals surface area contributed by atoms with E-state index in [9.17, 15) is 4.79 Å². The maximum Gasteiger partial charge on any atom is 0.251 e. The summed E-state index contributed by atoms with van der Waals surface area (Å²) in [7, 11) is 0. The van der Waals surface area contributed by atoms with Gasteiger partial charge in [0.1, 0.15) is 11.6 Å². The number of anilines is 3. The number of hydrazine groups is 1. The first-order chi connectivity index (χ1) is 15.5. The molecule has 0 saturated heterocycles. The average molecular weight is 435 g/mol. The zero-order chi connectivity index (χ0) is 22.9. The summed E-state index contributed by atoms with van der Waals surface area (Å²) >= 11 is 0. The SMILES string of the molecule is N=C/C(=C\NCc1ccc(C(=O)NCc2ncc[nH]2)cc1)Cc1cc(N)nc(NN)c1N. The highest BCUT2D eigenvalue weighted by Gasteiger charge is 2.10. The first-order valence-corrected chi connectivity index (χ1v) is 9.80. The average Bonchev–Trinajstić information content (AvgIpc) is 3.33.